The van der Waals surface area contributed by atoms with Crippen LogP contribution in [0, 0.1) is 22.7 Å². The van der Waals surface area contributed by atoms with Crippen LogP contribution in [0.2, 0.25) is 0 Å². The van der Waals surface area contributed by atoms with Crippen LogP contribution in [0.3, 0.4) is 0 Å². The molecule has 2 nitrogen and oxygen atoms in total. The van der Waals surface area contributed by atoms with E-state index in [9.17, 15) is 9.59 Å². The number of carbonyl (C=O) groups excluding carboxylic acids is 2. The van der Waals surface area contributed by atoms with E-state index in [0.29, 0.717) is 0 Å². The zero-order valence-corrected chi connectivity index (χ0v) is 13.5. The van der Waals surface area contributed by atoms with E-state index in [1.165, 1.54) is 0 Å². The van der Waals surface area contributed by atoms with Crippen LogP contribution in [0.4, 0.5) is 0 Å². The van der Waals surface area contributed by atoms with Crippen LogP contribution in [0.5, 0.6) is 0 Å². The second-order valence-electron chi connectivity index (χ2n) is 8.07. The SMILES string of the molecule is CC1=CC(=O)C(C2C(=O)C=C(C)CC2(C)C)C(C)(C)C1. The summed E-state index contributed by atoms with van der Waals surface area (Å²) in [7, 11) is 0. The van der Waals surface area contributed by atoms with Crippen LogP contribution in [0.1, 0.15) is 54.4 Å². The highest BCUT2D eigenvalue weighted by Crippen LogP contribution is 2.51. The highest BCUT2D eigenvalue weighted by Gasteiger charge is 2.51. The third-order valence-corrected chi connectivity index (χ3v) is 4.88. The molecule has 0 bridgehead atoms. The largest absolute Gasteiger partial charge is 0.294 e. The van der Waals surface area contributed by atoms with Crippen molar-refractivity contribution in [2.24, 2.45) is 22.7 Å². The van der Waals surface area contributed by atoms with Gasteiger partial charge in [-0.1, -0.05) is 38.8 Å². The minimum Gasteiger partial charge on any atom is -0.294 e. The molecule has 0 N–H and O–H groups in total. The Balaban J connectivity index is 2.49. The first kappa shape index (κ1) is 15.2. The standard InChI is InChI=1S/C18H26O2/c1-11-7-13(19)15(17(3,4)9-11)16-14(20)8-12(2)10-18(16,5)6/h7-8,15-16H,9-10H2,1-6H3. The summed E-state index contributed by atoms with van der Waals surface area (Å²) in [6.45, 7) is 12.5. The topological polar surface area (TPSA) is 34.1 Å². The van der Waals surface area contributed by atoms with Gasteiger partial charge in [-0.05, 0) is 49.7 Å². The van der Waals surface area contributed by atoms with Crippen LogP contribution in [-0.4, -0.2) is 11.6 Å². The number of carbonyl (C=O) groups is 2. The maximum Gasteiger partial charge on any atom is 0.160 e. The molecule has 0 saturated heterocycles. The zero-order chi connectivity index (χ0) is 15.3. The molecular weight excluding hydrogens is 248 g/mol. The number of allylic oxidation sites excluding steroid dienone is 4. The molecule has 2 heteroatoms. The highest BCUT2D eigenvalue weighted by molar-refractivity contribution is 6.02. The lowest BCUT2D eigenvalue weighted by Crippen LogP contribution is -2.49. The fourth-order valence-corrected chi connectivity index (χ4v) is 4.43. The van der Waals surface area contributed by atoms with Gasteiger partial charge in [-0.15, -0.1) is 0 Å². The Morgan fingerprint density at radius 3 is 1.35 bits per heavy atom. The molecule has 0 aliphatic heterocycles. The minimum absolute atomic E-state index is 0.137. The van der Waals surface area contributed by atoms with Gasteiger partial charge in [0.25, 0.3) is 0 Å². The normalized spacial score (nSPS) is 32.7. The summed E-state index contributed by atoms with van der Waals surface area (Å²) in [6.07, 6.45) is 5.30. The number of rotatable bonds is 1. The van der Waals surface area contributed by atoms with Gasteiger partial charge in [-0.2, -0.15) is 0 Å². The van der Waals surface area contributed by atoms with E-state index in [1.54, 1.807) is 12.2 Å². The predicted molar refractivity (Wildman–Crippen MR) is 81.3 cm³/mol. The van der Waals surface area contributed by atoms with Crippen LogP contribution in [0.15, 0.2) is 23.3 Å². The molecule has 2 unspecified atom stereocenters. The number of ketones is 2. The van der Waals surface area contributed by atoms with E-state index in [-0.39, 0.29) is 34.2 Å². The predicted octanol–water partition coefficient (Wildman–Crippen LogP) is 4.11. The first-order valence-electron chi connectivity index (χ1n) is 7.47. The smallest absolute Gasteiger partial charge is 0.160 e. The summed E-state index contributed by atoms with van der Waals surface area (Å²) in [5.74, 6) is -0.118. The first-order chi connectivity index (χ1) is 9.04. The molecule has 2 aliphatic rings. The van der Waals surface area contributed by atoms with E-state index < -0.39 is 0 Å². The van der Waals surface area contributed by atoms with Crippen molar-refractivity contribution >= 4 is 11.6 Å². The van der Waals surface area contributed by atoms with Gasteiger partial charge in [0.15, 0.2) is 11.6 Å². The van der Waals surface area contributed by atoms with Gasteiger partial charge >= 0.3 is 0 Å². The van der Waals surface area contributed by atoms with Gasteiger partial charge in [0.1, 0.15) is 0 Å². The Bertz CT molecular complexity index is 470. The Labute approximate surface area is 122 Å². The van der Waals surface area contributed by atoms with Crippen molar-refractivity contribution in [2.75, 3.05) is 0 Å². The summed E-state index contributed by atoms with van der Waals surface area (Å²) < 4.78 is 0. The van der Waals surface area contributed by atoms with Gasteiger partial charge in [0.05, 0.1) is 0 Å². The molecule has 0 heterocycles. The van der Waals surface area contributed by atoms with Crippen LogP contribution < -0.4 is 0 Å². The number of hydrogen-bond acceptors (Lipinski definition) is 2. The van der Waals surface area contributed by atoms with E-state index in [4.69, 9.17) is 0 Å². The summed E-state index contributed by atoms with van der Waals surface area (Å²) in [4.78, 5) is 25.2. The van der Waals surface area contributed by atoms with Crippen molar-refractivity contribution in [3.05, 3.63) is 23.3 Å². The molecule has 2 atom stereocenters. The first-order valence-corrected chi connectivity index (χ1v) is 7.47. The van der Waals surface area contributed by atoms with Gasteiger partial charge < -0.3 is 0 Å². The highest BCUT2D eigenvalue weighted by atomic mass is 16.1. The van der Waals surface area contributed by atoms with Crippen molar-refractivity contribution in [3.63, 3.8) is 0 Å². The molecule has 0 spiro atoms. The van der Waals surface area contributed by atoms with Crippen molar-refractivity contribution in [1.29, 1.82) is 0 Å². The van der Waals surface area contributed by atoms with Gasteiger partial charge in [0, 0.05) is 11.8 Å². The molecule has 0 radical (unpaired) electrons. The molecular formula is C18H26O2. The second kappa shape index (κ2) is 4.68. The fraction of sp³-hybridized carbons (Fsp3) is 0.667. The third kappa shape index (κ3) is 2.53. The monoisotopic (exact) mass is 274 g/mol. The molecule has 2 rings (SSSR count). The van der Waals surface area contributed by atoms with Gasteiger partial charge in [-0.25, -0.2) is 0 Å². The van der Waals surface area contributed by atoms with Crippen molar-refractivity contribution in [2.45, 2.75) is 54.4 Å². The van der Waals surface area contributed by atoms with Crippen LogP contribution in [0.25, 0.3) is 0 Å². The molecule has 0 aromatic carbocycles. The number of hydrogen-bond donors (Lipinski definition) is 0. The van der Waals surface area contributed by atoms with Gasteiger partial charge in [-0.3, -0.25) is 9.59 Å². The van der Waals surface area contributed by atoms with E-state index in [1.807, 2.05) is 13.8 Å². The van der Waals surface area contributed by atoms with E-state index in [0.717, 1.165) is 24.0 Å². The lowest BCUT2D eigenvalue weighted by molar-refractivity contribution is -0.138. The summed E-state index contributed by atoms with van der Waals surface area (Å²) in [6, 6.07) is 0. The second-order valence-corrected chi connectivity index (χ2v) is 8.07. The zero-order valence-electron chi connectivity index (χ0n) is 13.5. The molecule has 0 aromatic heterocycles. The van der Waals surface area contributed by atoms with Crippen LogP contribution in [-0.2, 0) is 9.59 Å². The molecule has 2 aliphatic carbocycles. The van der Waals surface area contributed by atoms with Crippen molar-refractivity contribution in [3.8, 4) is 0 Å². The summed E-state index contributed by atoms with van der Waals surface area (Å²) in [5, 5.41) is 0. The maximum atomic E-state index is 12.6. The van der Waals surface area contributed by atoms with Crippen molar-refractivity contribution in [1.82, 2.24) is 0 Å². The molecule has 0 aromatic rings. The summed E-state index contributed by atoms with van der Waals surface area (Å²) in [5.41, 5.74) is 1.97. The Hall–Kier alpha value is -1.18. The Morgan fingerprint density at radius 1 is 0.800 bits per heavy atom. The quantitative estimate of drug-likeness (QED) is 0.721. The van der Waals surface area contributed by atoms with Gasteiger partial charge in [0.2, 0.25) is 0 Å². The summed E-state index contributed by atoms with van der Waals surface area (Å²) >= 11 is 0. The lowest BCUT2D eigenvalue weighted by Gasteiger charge is -2.47. The maximum absolute atomic E-state index is 12.6. The average molecular weight is 274 g/mol. The Kier molecular flexibility index (Phi) is 3.56. The Morgan fingerprint density at radius 2 is 1.10 bits per heavy atom. The third-order valence-electron chi connectivity index (χ3n) is 4.88. The lowest BCUT2D eigenvalue weighted by atomic mass is 9.54. The molecule has 0 amide bonds. The average Bonchev–Trinajstić information content (AvgIpc) is 2.18. The van der Waals surface area contributed by atoms with Crippen LogP contribution >= 0.6 is 0 Å². The van der Waals surface area contributed by atoms with Crippen molar-refractivity contribution < 1.29 is 9.59 Å². The van der Waals surface area contributed by atoms with E-state index >= 15 is 0 Å². The van der Waals surface area contributed by atoms with E-state index in [2.05, 4.69) is 27.7 Å². The molecule has 0 saturated carbocycles. The molecule has 0 fully saturated rings. The fourth-order valence-electron chi connectivity index (χ4n) is 4.43. The molecule has 20 heavy (non-hydrogen) atoms. The minimum atomic E-state index is -0.196. The molecule has 110 valence electrons.